The molecule has 0 aromatic heterocycles. The monoisotopic (exact) mass is 331 g/mol. The summed E-state index contributed by atoms with van der Waals surface area (Å²) in [7, 11) is 0. The van der Waals surface area contributed by atoms with Crippen molar-refractivity contribution in [2.24, 2.45) is 23.7 Å². The molecule has 0 unspecified atom stereocenters. The van der Waals surface area contributed by atoms with Gasteiger partial charge in [-0.05, 0) is 48.9 Å². The summed E-state index contributed by atoms with van der Waals surface area (Å²) >= 11 is 3.45. The van der Waals surface area contributed by atoms with Crippen LogP contribution in [0.25, 0.3) is 0 Å². The molecule has 3 aliphatic rings. The van der Waals surface area contributed by atoms with Crippen LogP contribution in [0.2, 0.25) is 0 Å². The molecule has 1 aliphatic heterocycles. The van der Waals surface area contributed by atoms with Crippen molar-refractivity contribution in [3.63, 3.8) is 0 Å². The van der Waals surface area contributed by atoms with Gasteiger partial charge < -0.3 is 0 Å². The summed E-state index contributed by atoms with van der Waals surface area (Å²) < 4.78 is 0.988. The van der Waals surface area contributed by atoms with Gasteiger partial charge >= 0.3 is 0 Å². The third kappa shape index (κ3) is 1.46. The van der Waals surface area contributed by atoms with E-state index in [9.17, 15) is 9.59 Å². The maximum atomic E-state index is 12.6. The van der Waals surface area contributed by atoms with E-state index in [-0.39, 0.29) is 35.5 Å². The third-order valence-electron chi connectivity index (χ3n) is 4.87. The lowest BCUT2D eigenvalue weighted by Crippen LogP contribution is -2.32. The summed E-state index contributed by atoms with van der Waals surface area (Å²) in [5, 5.41) is 0. The number of anilines is 1. The first-order chi connectivity index (χ1) is 9.58. The number of amides is 2. The Kier molecular flexibility index (Phi) is 2.49. The van der Waals surface area contributed by atoms with Crippen LogP contribution in [-0.2, 0) is 9.59 Å². The topological polar surface area (TPSA) is 37.4 Å². The maximum absolute atomic E-state index is 12.6. The molecule has 2 amide bonds. The number of hydrogen-bond acceptors (Lipinski definition) is 2. The van der Waals surface area contributed by atoms with E-state index in [0.717, 1.165) is 16.5 Å². The van der Waals surface area contributed by atoms with Crippen LogP contribution in [0, 0.1) is 30.6 Å². The van der Waals surface area contributed by atoms with Crippen molar-refractivity contribution in [2.75, 3.05) is 4.90 Å². The minimum absolute atomic E-state index is 0.0152. The Morgan fingerprint density at radius 3 is 2.25 bits per heavy atom. The van der Waals surface area contributed by atoms with Crippen LogP contribution < -0.4 is 4.90 Å². The van der Waals surface area contributed by atoms with Crippen LogP contribution in [0.5, 0.6) is 0 Å². The van der Waals surface area contributed by atoms with Gasteiger partial charge in [-0.2, -0.15) is 0 Å². The predicted octanol–water partition coefficient (Wildman–Crippen LogP) is 3.07. The number of rotatable bonds is 1. The van der Waals surface area contributed by atoms with Gasteiger partial charge in [-0.15, -0.1) is 0 Å². The number of nitrogens with zero attached hydrogens (tertiary/aromatic N) is 1. The molecule has 2 aliphatic carbocycles. The first kappa shape index (κ1) is 12.3. The fraction of sp³-hybridized carbons (Fsp3) is 0.375. The molecule has 4 rings (SSSR count). The van der Waals surface area contributed by atoms with Crippen molar-refractivity contribution in [3.05, 3.63) is 40.4 Å². The van der Waals surface area contributed by atoms with E-state index in [1.807, 2.05) is 25.1 Å². The average molecular weight is 332 g/mol. The Bertz CT molecular complexity index is 636. The molecule has 0 N–H and O–H groups in total. The molecule has 20 heavy (non-hydrogen) atoms. The summed E-state index contributed by atoms with van der Waals surface area (Å²) in [6.07, 6.45) is 5.21. The number of hydrogen-bond donors (Lipinski definition) is 0. The van der Waals surface area contributed by atoms with Gasteiger partial charge in [0, 0.05) is 4.47 Å². The van der Waals surface area contributed by atoms with Crippen LogP contribution in [0.3, 0.4) is 0 Å². The van der Waals surface area contributed by atoms with Crippen LogP contribution in [0.15, 0.2) is 34.8 Å². The molecule has 2 fully saturated rings. The number of aryl methyl sites for hydroxylation is 1. The van der Waals surface area contributed by atoms with E-state index < -0.39 is 0 Å². The standard InChI is InChI=1S/C16H14BrNO2/c1-8-6-11(4-5-12(8)17)18-15(19)13-9-2-3-10(7-9)14(13)16(18)20/h2-6,9-10,13-14H,7H2,1H3/t9-,10-,13-,14+/m0/s1. The van der Waals surface area contributed by atoms with Crippen LogP contribution in [-0.4, -0.2) is 11.8 Å². The fourth-order valence-electron chi connectivity index (χ4n) is 3.92. The minimum Gasteiger partial charge on any atom is -0.274 e. The van der Waals surface area contributed by atoms with Crippen molar-refractivity contribution in [2.45, 2.75) is 13.3 Å². The highest BCUT2D eigenvalue weighted by molar-refractivity contribution is 9.10. The highest BCUT2D eigenvalue weighted by atomic mass is 79.9. The molecule has 1 aromatic rings. The SMILES string of the molecule is Cc1cc(N2C(=O)[C@@H]3[C@H](C2=O)[C@H]2C=C[C@H]3C2)ccc1Br. The lowest BCUT2D eigenvalue weighted by atomic mass is 9.85. The molecular weight excluding hydrogens is 318 g/mol. The van der Waals surface area contributed by atoms with Gasteiger partial charge in [-0.25, -0.2) is 0 Å². The van der Waals surface area contributed by atoms with Gasteiger partial charge in [0.2, 0.25) is 11.8 Å². The van der Waals surface area contributed by atoms with E-state index >= 15 is 0 Å². The van der Waals surface area contributed by atoms with Gasteiger partial charge in [0.1, 0.15) is 0 Å². The highest BCUT2D eigenvalue weighted by Crippen LogP contribution is 2.53. The highest BCUT2D eigenvalue weighted by Gasteiger charge is 2.59. The smallest absolute Gasteiger partial charge is 0.238 e. The normalized spacial score (nSPS) is 34.2. The Morgan fingerprint density at radius 2 is 1.70 bits per heavy atom. The molecule has 1 heterocycles. The van der Waals surface area contributed by atoms with Gasteiger partial charge in [0.25, 0.3) is 0 Å². The predicted molar refractivity (Wildman–Crippen MR) is 79.1 cm³/mol. The van der Waals surface area contributed by atoms with E-state index in [4.69, 9.17) is 0 Å². The number of benzene rings is 1. The summed E-state index contributed by atoms with van der Waals surface area (Å²) in [5.41, 5.74) is 1.73. The molecule has 4 heteroatoms. The summed E-state index contributed by atoms with van der Waals surface area (Å²) in [6, 6.07) is 5.63. The number of allylic oxidation sites excluding steroid dienone is 2. The van der Waals surface area contributed by atoms with E-state index in [0.29, 0.717) is 5.69 Å². The van der Waals surface area contributed by atoms with Crippen LogP contribution in [0.1, 0.15) is 12.0 Å². The minimum atomic E-state index is -0.124. The Morgan fingerprint density at radius 1 is 1.10 bits per heavy atom. The second-order valence-corrected chi connectivity index (χ2v) is 6.80. The first-order valence-corrected chi connectivity index (χ1v) is 7.69. The Labute approximate surface area is 125 Å². The molecule has 1 saturated heterocycles. The third-order valence-corrected chi connectivity index (χ3v) is 5.76. The Hall–Kier alpha value is -1.42. The zero-order chi connectivity index (χ0) is 14.0. The number of halogens is 1. The molecule has 1 saturated carbocycles. The summed E-state index contributed by atoms with van der Waals surface area (Å²) in [4.78, 5) is 26.7. The average Bonchev–Trinajstić information content (AvgIpc) is 3.08. The zero-order valence-corrected chi connectivity index (χ0v) is 12.6. The van der Waals surface area contributed by atoms with Crippen molar-refractivity contribution in [1.82, 2.24) is 0 Å². The van der Waals surface area contributed by atoms with Gasteiger partial charge in [0.15, 0.2) is 0 Å². The van der Waals surface area contributed by atoms with E-state index in [1.165, 1.54) is 4.90 Å². The number of fused-ring (bicyclic) bond motifs is 5. The largest absolute Gasteiger partial charge is 0.274 e. The van der Waals surface area contributed by atoms with Gasteiger partial charge in [-0.3, -0.25) is 14.5 Å². The molecule has 0 spiro atoms. The summed E-state index contributed by atoms with van der Waals surface area (Å²) in [5.74, 6) is 0.256. The lowest BCUT2D eigenvalue weighted by molar-refractivity contribution is -0.123. The second-order valence-electron chi connectivity index (χ2n) is 5.95. The van der Waals surface area contributed by atoms with Crippen molar-refractivity contribution < 1.29 is 9.59 Å². The van der Waals surface area contributed by atoms with E-state index in [1.54, 1.807) is 0 Å². The van der Waals surface area contributed by atoms with Crippen LogP contribution in [0.4, 0.5) is 5.69 Å². The van der Waals surface area contributed by atoms with E-state index in [2.05, 4.69) is 28.1 Å². The number of imide groups is 1. The number of carbonyl (C=O) groups is 2. The maximum Gasteiger partial charge on any atom is 0.238 e. The Balaban J connectivity index is 1.76. The lowest BCUT2D eigenvalue weighted by Gasteiger charge is -2.18. The first-order valence-electron chi connectivity index (χ1n) is 6.90. The number of carbonyl (C=O) groups excluding carboxylic acids is 2. The van der Waals surface area contributed by atoms with Crippen molar-refractivity contribution in [1.29, 1.82) is 0 Å². The second kappa shape index (κ2) is 4.04. The molecule has 0 radical (unpaired) electrons. The quantitative estimate of drug-likeness (QED) is 0.585. The molecule has 4 atom stereocenters. The molecule has 2 bridgehead atoms. The van der Waals surface area contributed by atoms with Crippen LogP contribution >= 0.6 is 15.9 Å². The molecular formula is C16H14BrNO2. The molecule has 3 nitrogen and oxygen atoms in total. The van der Waals surface area contributed by atoms with Gasteiger partial charge in [-0.1, -0.05) is 28.1 Å². The molecule has 102 valence electrons. The zero-order valence-electron chi connectivity index (χ0n) is 11.0. The van der Waals surface area contributed by atoms with Crippen molar-refractivity contribution in [3.8, 4) is 0 Å². The molecule has 1 aromatic carbocycles. The fourth-order valence-corrected chi connectivity index (χ4v) is 4.17. The summed E-state index contributed by atoms with van der Waals surface area (Å²) in [6.45, 7) is 1.96. The van der Waals surface area contributed by atoms with Crippen molar-refractivity contribution >= 4 is 33.4 Å². The van der Waals surface area contributed by atoms with Gasteiger partial charge in [0.05, 0.1) is 17.5 Å².